The van der Waals surface area contributed by atoms with Gasteiger partial charge in [0.15, 0.2) is 5.82 Å². The van der Waals surface area contributed by atoms with Crippen molar-refractivity contribution in [3.8, 4) is 0 Å². The minimum absolute atomic E-state index is 0.0518. The van der Waals surface area contributed by atoms with Crippen molar-refractivity contribution in [3.05, 3.63) is 53.0 Å². The smallest absolute Gasteiger partial charge is 0.419 e. The Balaban J connectivity index is 1.90. The molecule has 3 aromatic rings. The van der Waals surface area contributed by atoms with E-state index in [4.69, 9.17) is 4.74 Å². The van der Waals surface area contributed by atoms with Crippen LogP contribution in [0.15, 0.2) is 30.7 Å². The average molecular weight is 541 g/mol. The number of hydrogen-bond donors (Lipinski definition) is 3. The van der Waals surface area contributed by atoms with E-state index >= 15 is 0 Å². The van der Waals surface area contributed by atoms with E-state index < -0.39 is 30.9 Å². The van der Waals surface area contributed by atoms with Crippen LogP contribution < -0.4 is 10.6 Å². The lowest BCUT2D eigenvalue weighted by atomic mass is 10.1. The molecule has 0 saturated heterocycles. The molecule has 39 heavy (non-hydrogen) atoms. The van der Waals surface area contributed by atoms with Gasteiger partial charge in [0.1, 0.15) is 17.9 Å². The molecular formula is C26H32N6O7. The number of carbonyl (C=O) groups excluding carboxylic acids is 4. The molecule has 13 heteroatoms. The molecule has 3 amide bonds. The number of rotatable bonds is 10. The van der Waals surface area contributed by atoms with Gasteiger partial charge in [-0.15, -0.1) is 0 Å². The fourth-order valence-electron chi connectivity index (χ4n) is 3.74. The summed E-state index contributed by atoms with van der Waals surface area (Å²) in [5.41, 5.74) is 3.20. The Morgan fingerprint density at radius 3 is 2.56 bits per heavy atom. The molecule has 1 atom stereocenters. The van der Waals surface area contributed by atoms with Crippen LogP contribution in [0, 0.1) is 13.8 Å². The molecule has 208 valence electrons. The SMILES string of the molecule is CCCN(C(=O)OCOC(=O)C(C)O)C(=O)c1cn2ncnc(Nc3cc(C(=O)NCC)ccc3C)c2c1C. The molecule has 1 aromatic carbocycles. The largest absolute Gasteiger partial charge is 0.426 e. The van der Waals surface area contributed by atoms with E-state index in [-0.39, 0.29) is 18.0 Å². The quantitative estimate of drug-likeness (QED) is 0.257. The van der Waals surface area contributed by atoms with Crippen LogP contribution in [0.3, 0.4) is 0 Å². The number of esters is 1. The second-order valence-electron chi connectivity index (χ2n) is 8.71. The molecule has 1 unspecified atom stereocenters. The molecule has 0 bridgehead atoms. The molecule has 13 nitrogen and oxygen atoms in total. The Labute approximate surface area is 225 Å². The zero-order chi connectivity index (χ0) is 28.7. The number of imide groups is 1. The summed E-state index contributed by atoms with van der Waals surface area (Å²) in [5, 5.41) is 19.4. The molecule has 0 aliphatic carbocycles. The summed E-state index contributed by atoms with van der Waals surface area (Å²) < 4.78 is 11.1. The molecule has 0 radical (unpaired) electrons. The number of aliphatic hydroxyl groups is 1. The first-order valence-corrected chi connectivity index (χ1v) is 12.4. The fourth-order valence-corrected chi connectivity index (χ4v) is 3.74. The highest BCUT2D eigenvalue weighted by atomic mass is 16.7. The zero-order valence-corrected chi connectivity index (χ0v) is 22.5. The highest BCUT2D eigenvalue weighted by Crippen LogP contribution is 2.28. The van der Waals surface area contributed by atoms with Gasteiger partial charge in [0.05, 0.1) is 5.56 Å². The maximum Gasteiger partial charge on any atom is 0.419 e. The minimum atomic E-state index is -1.38. The third-order valence-electron chi connectivity index (χ3n) is 5.78. The first-order chi connectivity index (χ1) is 18.6. The number of nitrogens with one attached hydrogen (secondary N) is 2. The van der Waals surface area contributed by atoms with E-state index in [1.165, 1.54) is 24.0 Å². The van der Waals surface area contributed by atoms with Crippen molar-refractivity contribution in [1.82, 2.24) is 24.8 Å². The maximum atomic E-state index is 13.4. The van der Waals surface area contributed by atoms with Gasteiger partial charge in [-0.1, -0.05) is 13.0 Å². The van der Waals surface area contributed by atoms with Crippen LogP contribution in [0.25, 0.3) is 5.52 Å². The van der Waals surface area contributed by atoms with Crippen LogP contribution in [-0.2, 0) is 14.3 Å². The molecule has 0 aliphatic rings. The van der Waals surface area contributed by atoms with Crippen molar-refractivity contribution in [2.75, 3.05) is 25.2 Å². The van der Waals surface area contributed by atoms with E-state index in [9.17, 15) is 24.3 Å². The van der Waals surface area contributed by atoms with Crippen molar-refractivity contribution in [2.24, 2.45) is 0 Å². The van der Waals surface area contributed by atoms with E-state index in [1.54, 1.807) is 26.0 Å². The van der Waals surface area contributed by atoms with Gasteiger partial charge in [-0.05, 0) is 57.4 Å². The van der Waals surface area contributed by atoms with Gasteiger partial charge >= 0.3 is 12.1 Å². The number of anilines is 2. The van der Waals surface area contributed by atoms with Gasteiger partial charge in [-0.2, -0.15) is 5.10 Å². The van der Waals surface area contributed by atoms with Gasteiger partial charge in [0, 0.05) is 30.5 Å². The number of fused-ring (bicyclic) bond motifs is 1. The van der Waals surface area contributed by atoms with Crippen molar-refractivity contribution in [1.29, 1.82) is 0 Å². The third kappa shape index (κ3) is 6.68. The predicted molar refractivity (Wildman–Crippen MR) is 141 cm³/mol. The number of aromatic nitrogens is 3. The van der Waals surface area contributed by atoms with E-state index in [0.29, 0.717) is 41.1 Å². The van der Waals surface area contributed by atoms with Crippen molar-refractivity contribution < 1.29 is 33.8 Å². The van der Waals surface area contributed by atoms with Gasteiger partial charge in [0.2, 0.25) is 6.79 Å². The predicted octanol–water partition coefficient (Wildman–Crippen LogP) is 2.71. The summed E-state index contributed by atoms with van der Waals surface area (Å²) in [7, 11) is 0. The van der Waals surface area contributed by atoms with Crippen molar-refractivity contribution >= 4 is 40.9 Å². The molecular weight excluding hydrogens is 508 g/mol. The number of hydrogen-bond acceptors (Lipinski definition) is 10. The summed E-state index contributed by atoms with van der Waals surface area (Å²) in [5.74, 6) is -1.40. The van der Waals surface area contributed by atoms with Crippen LogP contribution in [-0.4, -0.2) is 74.5 Å². The zero-order valence-electron chi connectivity index (χ0n) is 22.5. The number of aryl methyl sites for hydroxylation is 2. The molecule has 0 aliphatic heterocycles. The van der Waals surface area contributed by atoms with Gasteiger partial charge in [-0.25, -0.2) is 24.0 Å². The molecule has 2 heterocycles. The molecule has 2 aromatic heterocycles. The standard InChI is InChI=1S/C26H32N6O7/c1-6-10-31(26(37)39-14-38-25(36)17(5)33)24(35)19-12-32-21(16(19)4)22(28-13-29-32)30-20-11-18(9-8-15(20)3)23(34)27-7-2/h8-9,11-13,17,33H,6-7,10,14H2,1-5H3,(H,27,34)(H,28,29,30). The Hall–Kier alpha value is -4.52. The lowest BCUT2D eigenvalue weighted by Crippen LogP contribution is -2.38. The molecule has 3 N–H and O–H groups in total. The molecule has 0 fully saturated rings. The molecule has 0 spiro atoms. The van der Waals surface area contributed by atoms with Crippen LogP contribution >= 0.6 is 0 Å². The summed E-state index contributed by atoms with van der Waals surface area (Å²) in [6.07, 6.45) is 0.880. The normalized spacial score (nSPS) is 11.5. The van der Waals surface area contributed by atoms with Crippen molar-refractivity contribution in [2.45, 2.75) is 47.1 Å². The fraction of sp³-hybridized carbons (Fsp3) is 0.385. The Bertz CT molecular complexity index is 1380. The first kappa shape index (κ1) is 29.0. The second-order valence-corrected chi connectivity index (χ2v) is 8.71. The lowest BCUT2D eigenvalue weighted by Gasteiger charge is -2.19. The van der Waals surface area contributed by atoms with Crippen LogP contribution in [0.1, 0.15) is 59.0 Å². The van der Waals surface area contributed by atoms with E-state index in [2.05, 4.69) is 25.5 Å². The topological polar surface area (TPSA) is 164 Å². The Morgan fingerprint density at radius 1 is 1.15 bits per heavy atom. The summed E-state index contributed by atoms with van der Waals surface area (Å²) in [6, 6.07) is 5.26. The minimum Gasteiger partial charge on any atom is -0.426 e. The molecule has 3 rings (SSSR count). The van der Waals surface area contributed by atoms with Crippen LogP contribution in [0.4, 0.5) is 16.3 Å². The van der Waals surface area contributed by atoms with Crippen molar-refractivity contribution in [3.63, 3.8) is 0 Å². The first-order valence-electron chi connectivity index (χ1n) is 12.4. The number of benzene rings is 1. The molecule has 0 saturated carbocycles. The Kier molecular flexibility index (Phi) is 9.55. The lowest BCUT2D eigenvalue weighted by molar-refractivity contribution is -0.161. The summed E-state index contributed by atoms with van der Waals surface area (Å²) >= 11 is 0. The monoisotopic (exact) mass is 540 g/mol. The van der Waals surface area contributed by atoms with Gasteiger partial charge in [-0.3, -0.25) is 9.59 Å². The van der Waals surface area contributed by atoms with Crippen LogP contribution in [0.5, 0.6) is 0 Å². The number of carbonyl (C=O) groups is 4. The number of nitrogens with zero attached hydrogens (tertiary/aromatic N) is 4. The highest BCUT2D eigenvalue weighted by molar-refractivity contribution is 6.05. The van der Waals surface area contributed by atoms with Gasteiger partial charge < -0.3 is 25.2 Å². The van der Waals surface area contributed by atoms with Crippen LogP contribution in [0.2, 0.25) is 0 Å². The van der Waals surface area contributed by atoms with E-state index in [1.807, 2.05) is 19.9 Å². The van der Waals surface area contributed by atoms with E-state index in [0.717, 1.165) is 10.5 Å². The highest BCUT2D eigenvalue weighted by Gasteiger charge is 2.28. The second kappa shape index (κ2) is 12.8. The summed E-state index contributed by atoms with van der Waals surface area (Å²) in [6.45, 7) is 8.23. The summed E-state index contributed by atoms with van der Waals surface area (Å²) in [4.78, 5) is 55.1. The Morgan fingerprint density at radius 2 is 1.90 bits per heavy atom. The number of aliphatic hydroxyl groups excluding tert-OH is 1. The number of amides is 3. The van der Waals surface area contributed by atoms with Gasteiger partial charge in [0.25, 0.3) is 11.8 Å². The average Bonchev–Trinajstić information content (AvgIpc) is 3.25. The number of ether oxygens (including phenoxy) is 2. The third-order valence-corrected chi connectivity index (χ3v) is 5.78. The maximum absolute atomic E-state index is 13.4.